The van der Waals surface area contributed by atoms with Crippen LogP contribution in [0.1, 0.15) is 71.6 Å². The van der Waals surface area contributed by atoms with Crippen molar-refractivity contribution in [1.82, 2.24) is 5.32 Å². The molecule has 0 atom stereocenters. The van der Waals surface area contributed by atoms with E-state index in [0.29, 0.717) is 0 Å². The second-order valence-corrected chi connectivity index (χ2v) is 7.24. The van der Waals surface area contributed by atoms with Crippen LogP contribution in [0.5, 0.6) is 0 Å². The van der Waals surface area contributed by atoms with Crippen LogP contribution < -0.4 is 5.32 Å². The van der Waals surface area contributed by atoms with E-state index < -0.39 is 0 Å². The van der Waals surface area contributed by atoms with Gasteiger partial charge in [-0.3, -0.25) is 0 Å². The number of rotatable bonds is 5. The first-order valence-electron chi connectivity index (χ1n) is 8.44. The van der Waals surface area contributed by atoms with Crippen LogP contribution in [0.2, 0.25) is 0 Å². The monoisotopic (exact) mass is 251 g/mol. The van der Waals surface area contributed by atoms with Crippen LogP contribution in [0.3, 0.4) is 0 Å². The summed E-state index contributed by atoms with van der Waals surface area (Å²) in [7, 11) is 0. The number of nitrogens with one attached hydrogen (secondary N) is 1. The molecule has 0 aromatic carbocycles. The van der Waals surface area contributed by atoms with Gasteiger partial charge in [0.25, 0.3) is 0 Å². The van der Waals surface area contributed by atoms with Gasteiger partial charge in [-0.1, -0.05) is 52.4 Å². The molecule has 2 aliphatic carbocycles. The average Bonchev–Trinajstić information content (AvgIpc) is 2.39. The molecule has 0 aromatic rings. The van der Waals surface area contributed by atoms with Crippen LogP contribution in [0.15, 0.2) is 0 Å². The molecule has 1 heteroatoms. The van der Waals surface area contributed by atoms with Crippen LogP contribution in [0, 0.1) is 23.7 Å². The highest BCUT2D eigenvalue weighted by Gasteiger charge is 2.19. The van der Waals surface area contributed by atoms with E-state index in [1.165, 1.54) is 70.9 Å². The van der Waals surface area contributed by atoms with E-state index in [1.807, 2.05) is 0 Å². The van der Waals surface area contributed by atoms with Crippen molar-refractivity contribution in [2.45, 2.75) is 71.6 Å². The fourth-order valence-electron chi connectivity index (χ4n) is 3.76. The van der Waals surface area contributed by atoms with Gasteiger partial charge >= 0.3 is 0 Å². The van der Waals surface area contributed by atoms with E-state index in [4.69, 9.17) is 0 Å². The molecule has 0 bridgehead atoms. The molecule has 0 radical (unpaired) electrons. The first-order chi connectivity index (χ1) is 8.74. The lowest BCUT2D eigenvalue weighted by Gasteiger charge is -2.28. The van der Waals surface area contributed by atoms with Crippen molar-refractivity contribution in [2.75, 3.05) is 13.1 Å². The Kier molecular flexibility index (Phi) is 6.01. The molecule has 1 nitrogen and oxygen atoms in total. The Bertz CT molecular complexity index is 186. The zero-order valence-electron chi connectivity index (χ0n) is 12.6. The molecule has 0 saturated heterocycles. The summed E-state index contributed by atoms with van der Waals surface area (Å²) in [6.45, 7) is 7.38. The smallest absolute Gasteiger partial charge is 0.00205 e. The number of hydrogen-bond acceptors (Lipinski definition) is 1. The van der Waals surface area contributed by atoms with Crippen molar-refractivity contribution in [1.29, 1.82) is 0 Å². The second kappa shape index (κ2) is 7.53. The molecule has 0 aliphatic heterocycles. The number of hydrogen-bond donors (Lipinski definition) is 1. The first-order valence-corrected chi connectivity index (χ1v) is 8.44. The fourth-order valence-corrected chi connectivity index (χ4v) is 3.76. The molecule has 2 aliphatic rings. The third kappa shape index (κ3) is 4.91. The summed E-state index contributed by atoms with van der Waals surface area (Å²) in [4.78, 5) is 0. The van der Waals surface area contributed by atoms with Gasteiger partial charge in [-0.05, 0) is 56.0 Å². The topological polar surface area (TPSA) is 12.0 Å². The summed E-state index contributed by atoms with van der Waals surface area (Å²) >= 11 is 0. The molecule has 2 fully saturated rings. The molecule has 0 amide bonds. The molecule has 2 saturated carbocycles. The van der Waals surface area contributed by atoms with Crippen molar-refractivity contribution in [3.05, 3.63) is 0 Å². The maximum atomic E-state index is 3.73. The van der Waals surface area contributed by atoms with E-state index in [9.17, 15) is 0 Å². The Morgan fingerprint density at radius 3 is 1.78 bits per heavy atom. The minimum atomic E-state index is 0.979. The Labute approximate surface area is 114 Å². The van der Waals surface area contributed by atoms with Gasteiger partial charge in [-0.2, -0.15) is 0 Å². The van der Waals surface area contributed by atoms with Crippen LogP contribution in [0.4, 0.5) is 0 Å². The molecular weight excluding hydrogens is 218 g/mol. The van der Waals surface area contributed by atoms with E-state index >= 15 is 0 Å². The molecule has 0 spiro atoms. The standard InChI is InChI=1S/C17H33N/c1-14-3-7-16(8-4-14)11-12-18-13-17-9-5-15(2)6-10-17/h14-18H,3-13H2,1-2H3. The normalized spacial score (nSPS) is 37.7. The van der Waals surface area contributed by atoms with Gasteiger partial charge < -0.3 is 5.32 Å². The highest BCUT2D eigenvalue weighted by atomic mass is 14.9. The van der Waals surface area contributed by atoms with Gasteiger partial charge in [-0.15, -0.1) is 0 Å². The van der Waals surface area contributed by atoms with E-state index in [-0.39, 0.29) is 0 Å². The Hall–Kier alpha value is -0.0400. The highest BCUT2D eigenvalue weighted by Crippen LogP contribution is 2.30. The molecule has 18 heavy (non-hydrogen) atoms. The molecule has 0 aromatic heterocycles. The van der Waals surface area contributed by atoms with Crippen molar-refractivity contribution >= 4 is 0 Å². The zero-order chi connectivity index (χ0) is 12.8. The molecule has 2 rings (SSSR count). The summed E-state index contributed by atoms with van der Waals surface area (Å²) in [5.74, 6) is 4.00. The Balaban J connectivity index is 1.48. The summed E-state index contributed by atoms with van der Waals surface area (Å²) in [5.41, 5.74) is 0. The Morgan fingerprint density at radius 2 is 1.22 bits per heavy atom. The van der Waals surface area contributed by atoms with Gasteiger partial charge in [0.2, 0.25) is 0 Å². The summed E-state index contributed by atoms with van der Waals surface area (Å²) in [5, 5.41) is 3.73. The van der Waals surface area contributed by atoms with Crippen LogP contribution in [0.25, 0.3) is 0 Å². The van der Waals surface area contributed by atoms with E-state index in [0.717, 1.165) is 23.7 Å². The molecule has 106 valence electrons. The minimum Gasteiger partial charge on any atom is -0.316 e. The van der Waals surface area contributed by atoms with Gasteiger partial charge in [0, 0.05) is 0 Å². The molecule has 1 N–H and O–H groups in total. The van der Waals surface area contributed by atoms with Gasteiger partial charge in [0.1, 0.15) is 0 Å². The summed E-state index contributed by atoms with van der Waals surface area (Å²) < 4.78 is 0. The van der Waals surface area contributed by atoms with Crippen molar-refractivity contribution in [2.24, 2.45) is 23.7 Å². The maximum Gasteiger partial charge on any atom is -0.00205 e. The first kappa shape index (κ1) is 14.4. The van der Waals surface area contributed by atoms with Crippen LogP contribution in [-0.2, 0) is 0 Å². The largest absolute Gasteiger partial charge is 0.316 e. The predicted octanol–water partition coefficient (Wildman–Crippen LogP) is 4.62. The van der Waals surface area contributed by atoms with E-state index in [2.05, 4.69) is 19.2 Å². The van der Waals surface area contributed by atoms with E-state index in [1.54, 1.807) is 0 Å². The summed E-state index contributed by atoms with van der Waals surface area (Å²) in [6, 6.07) is 0. The predicted molar refractivity (Wildman–Crippen MR) is 79.7 cm³/mol. The molecular formula is C17H33N. The minimum absolute atomic E-state index is 0.979. The third-order valence-electron chi connectivity index (χ3n) is 5.43. The van der Waals surface area contributed by atoms with Crippen LogP contribution in [-0.4, -0.2) is 13.1 Å². The third-order valence-corrected chi connectivity index (χ3v) is 5.43. The van der Waals surface area contributed by atoms with Gasteiger partial charge in [0.05, 0.1) is 0 Å². The van der Waals surface area contributed by atoms with Crippen LogP contribution >= 0.6 is 0 Å². The Morgan fingerprint density at radius 1 is 0.722 bits per heavy atom. The SMILES string of the molecule is CC1CCC(CCNCC2CCC(C)CC2)CC1. The zero-order valence-corrected chi connectivity index (χ0v) is 12.6. The van der Waals surface area contributed by atoms with Crippen molar-refractivity contribution in [3.63, 3.8) is 0 Å². The lowest BCUT2D eigenvalue weighted by Crippen LogP contribution is -2.28. The second-order valence-electron chi connectivity index (χ2n) is 7.24. The molecule has 0 heterocycles. The highest BCUT2D eigenvalue weighted by molar-refractivity contribution is 4.73. The lowest BCUT2D eigenvalue weighted by molar-refractivity contribution is 0.261. The quantitative estimate of drug-likeness (QED) is 0.703. The van der Waals surface area contributed by atoms with Gasteiger partial charge in [-0.25, -0.2) is 0 Å². The molecule has 0 unspecified atom stereocenters. The fraction of sp³-hybridized carbons (Fsp3) is 1.00. The average molecular weight is 251 g/mol. The maximum absolute atomic E-state index is 3.73. The lowest BCUT2D eigenvalue weighted by atomic mass is 9.81. The van der Waals surface area contributed by atoms with Gasteiger partial charge in [0.15, 0.2) is 0 Å². The summed E-state index contributed by atoms with van der Waals surface area (Å²) in [6.07, 6.45) is 13.2. The van der Waals surface area contributed by atoms with Crippen molar-refractivity contribution in [3.8, 4) is 0 Å². The van der Waals surface area contributed by atoms with Crippen molar-refractivity contribution < 1.29 is 0 Å².